The van der Waals surface area contributed by atoms with Gasteiger partial charge in [-0.3, -0.25) is 0 Å². The molecule has 0 aromatic heterocycles. The molecule has 1 heterocycles. The highest BCUT2D eigenvalue weighted by Gasteiger charge is 2.23. The summed E-state index contributed by atoms with van der Waals surface area (Å²) >= 11 is 0. The maximum absolute atomic E-state index is 2.49. The molecule has 0 bridgehead atoms. The molecule has 0 amide bonds. The summed E-state index contributed by atoms with van der Waals surface area (Å²) in [6.07, 6.45) is 8.22. The van der Waals surface area contributed by atoms with Crippen LogP contribution in [0, 0.1) is 0 Å². The van der Waals surface area contributed by atoms with Crippen molar-refractivity contribution >= 4 is 55.1 Å². The Morgan fingerprint density at radius 1 is 0.545 bits per heavy atom. The van der Waals surface area contributed by atoms with Crippen LogP contribution in [0.25, 0.3) is 43.4 Å². The standard InChI is InChI=1S/C42H32N2/c1-3-10-34(11-4-1)44(35-12-5-2-6-13-35)40-26-20-32-18-24-37-36(23-17-31-19-25-38(40)42(32)41(31)37)29-15-21-33(22-16-29)43-28-27-30-9-7-8-14-39(30)43/h1-6,8,10-26H,7,9,27-28H2. The minimum Gasteiger partial charge on any atom is -0.341 e. The van der Waals surface area contributed by atoms with Gasteiger partial charge in [0, 0.05) is 34.7 Å². The second-order valence-electron chi connectivity index (χ2n) is 12.0. The first-order valence-electron chi connectivity index (χ1n) is 15.7. The first-order valence-corrected chi connectivity index (χ1v) is 15.7. The molecule has 0 atom stereocenters. The SMILES string of the molecule is C1=CC2=C(CC1)CCN2c1ccc(-c2ccc3ccc4c(N(c5ccccc5)c5ccccc5)ccc5ccc2c3c54)cc1. The van der Waals surface area contributed by atoms with Gasteiger partial charge in [-0.1, -0.05) is 97.1 Å². The number of allylic oxidation sites excluding steroid dienone is 2. The lowest BCUT2D eigenvalue weighted by atomic mass is 9.89. The molecule has 0 fully saturated rings. The van der Waals surface area contributed by atoms with E-state index in [1.54, 1.807) is 5.57 Å². The topological polar surface area (TPSA) is 6.48 Å². The third-order valence-corrected chi connectivity index (χ3v) is 9.58. The van der Waals surface area contributed by atoms with Crippen LogP contribution in [0.4, 0.5) is 22.7 Å². The molecule has 0 unspecified atom stereocenters. The van der Waals surface area contributed by atoms with Crippen LogP contribution in [-0.4, -0.2) is 6.54 Å². The van der Waals surface area contributed by atoms with Crippen molar-refractivity contribution in [3.63, 3.8) is 0 Å². The summed E-state index contributed by atoms with van der Waals surface area (Å²) in [5.41, 5.74) is 10.4. The molecule has 0 spiro atoms. The highest BCUT2D eigenvalue weighted by atomic mass is 15.2. The van der Waals surface area contributed by atoms with Crippen LogP contribution in [-0.2, 0) is 0 Å². The zero-order valence-corrected chi connectivity index (χ0v) is 24.6. The summed E-state index contributed by atoms with van der Waals surface area (Å²) in [7, 11) is 0. The van der Waals surface area contributed by atoms with E-state index in [0.717, 1.165) is 17.9 Å². The number of nitrogens with zero attached hydrogens (tertiary/aromatic N) is 2. The lowest BCUT2D eigenvalue weighted by molar-refractivity contribution is 0.898. The number of hydrogen-bond donors (Lipinski definition) is 0. The van der Waals surface area contributed by atoms with Crippen LogP contribution in [0.3, 0.4) is 0 Å². The Balaban J connectivity index is 1.20. The molecule has 0 saturated heterocycles. The van der Waals surface area contributed by atoms with Gasteiger partial charge >= 0.3 is 0 Å². The molecule has 210 valence electrons. The van der Waals surface area contributed by atoms with Gasteiger partial charge in [-0.25, -0.2) is 0 Å². The fourth-order valence-electron chi connectivity index (χ4n) is 7.50. The number of hydrogen-bond acceptors (Lipinski definition) is 2. The fourth-order valence-corrected chi connectivity index (χ4v) is 7.50. The second-order valence-corrected chi connectivity index (χ2v) is 12.0. The quantitative estimate of drug-likeness (QED) is 0.192. The zero-order chi connectivity index (χ0) is 29.0. The molecule has 44 heavy (non-hydrogen) atoms. The minimum atomic E-state index is 1.08. The van der Waals surface area contributed by atoms with Crippen LogP contribution in [0.5, 0.6) is 0 Å². The van der Waals surface area contributed by atoms with Crippen LogP contribution in [0.15, 0.2) is 157 Å². The summed E-state index contributed by atoms with van der Waals surface area (Å²) in [6.45, 7) is 1.08. The van der Waals surface area contributed by atoms with Crippen molar-refractivity contribution in [2.45, 2.75) is 19.3 Å². The Morgan fingerprint density at radius 2 is 1.18 bits per heavy atom. The van der Waals surface area contributed by atoms with E-state index in [1.165, 1.54) is 79.8 Å². The smallest absolute Gasteiger partial charge is 0.0540 e. The van der Waals surface area contributed by atoms with Crippen LogP contribution < -0.4 is 9.80 Å². The van der Waals surface area contributed by atoms with Gasteiger partial charge in [0.15, 0.2) is 0 Å². The number of benzene rings is 7. The molecule has 1 aliphatic carbocycles. The van der Waals surface area contributed by atoms with Gasteiger partial charge in [-0.05, 0) is 111 Å². The van der Waals surface area contributed by atoms with Gasteiger partial charge in [0.05, 0.1) is 5.69 Å². The van der Waals surface area contributed by atoms with E-state index in [0.29, 0.717) is 0 Å². The van der Waals surface area contributed by atoms with Gasteiger partial charge in [-0.15, -0.1) is 0 Å². The largest absolute Gasteiger partial charge is 0.341 e. The normalized spacial score (nSPS) is 14.7. The Kier molecular flexibility index (Phi) is 5.80. The van der Waals surface area contributed by atoms with Crippen molar-refractivity contribution in [1.29, 1.82) is 0 Å². The van der Waals surface area contributed by atoms with Crippen molar-refractivity contribution in [1.82, 2.24) is 0 Å². The fraction of sp³-hybridized carbons (Fsp3) is 0.0952. The van der Waals surface area contributed by atoms with Gasteiger partial charge in [0.25, 0.3) is 0 Å². The molecular formula is C42H32N2. The monoisotopic (exact) mass is 564 g/mol. The van der Waals surface area contributed by atoms with E-state index >= 15 is 0 Å². The molecule has 9 rings (SSSR count). The van der Waals surface area contributed by atoms with E-state index in [4.69, 9.17) is 0 Å². The molecule has 7 aromatic carbocycles. The summed E-state index contributed by atoms with van der Waals surface area (Å²) in [6, 6.07) is 49.0. The maximum atomic E-state index is 2.49. The zero-order valence-electron chi connectivity index (χ0n) is 24.6. The molecule has 2 nitrogen and oxygen atoms in total. The first kappa shape index (κ1) is 25.2. The lowest BCUT2D eigenvalue weighted by Crippen LogP contribution is -2.17. The summed E-state index contributed by atoms with van der Waals surface area (Å²) in [5.74, 6) is 0. The van der Waals surface area contributed by atoms with E-state index < -0.39 is 0 Å². The minimum absolute atomic E-state index is 1.08. The predicted molar refractivity (Wildman–Crippen MR) is 188 cm³/mol. The van der Waals surface area contributed by atoms with Crippen molar-refractivity contribution in [3.05, 3.63) is 157 Å². The molecule has 2 heteroatoms. The van der Waals surface area contributed by atoms with E-state index in [1.807, 2.05) is 0 Å². The average Bonchev–Trinajstić information content (AvgIpc) is 3.53. The molecule has 0 saturated carbocycles. The number of rotatable bonds is 5. The van der Waals surface area contributed by atoms with Crippen molar-refractivity contribution in [2.75, 3.05) is 16.3 Å². The molecule has 1 aliphatic heterocycles. The Labute approximate surface area is 258 Å². The first-order chi connectivity index (χ1) is 21.8. The third-order valence-electron chi connectivity index (χ3n) is 9.58. The maximum Gasteiger partial charge on any atom is 0.0540 e. The van der Waals surface area contributed by atoms with E-state index in [-0.39, 0.29) is 0 Å². The van der Waals surface area contributed by atoms with Crippen LogP contribution in [0.2, 0.25) is 0 Å². The second kappa shape index (κ2) is 10.1. The highest BCUT2D eigenvalue weighted by molar-refractivity contribution is 6.27. The highest BCUT2D eigenvalue weighted by Crippen LogP contribution is 2.45. The Hall–Kier alpha value is -5.34. The van der Waals surface area contributed by atoms with Crippen molar-refractivity contribution in [3.8, 4) is 11.1 Å². The average molecular weight is 565 g/mol. The number of anilines is 4. The molecule has 0 N–H and O–H groups in total. The Morgan fingerprint density at radius 3 is 1.91 bits per heavy atom. The predicted octanol–water partition coefficient (Wildman–Crippen LogP) is 11.5. The molecular weight excluding hydrogens is 532 g/mol. The molecule has 0 radical (unpaired) electrons. The van der Waals surface area contributed by atoms with E-state index in [9.17, 15) is 0 Å². The summed E-state index contributed by atoms with van der Waals surface area (Å²) in [4.78, 5) is 4.87. The van der Waals surface area contributed by atoms with E-state index in [2.05, 4.69) is 155 Å². The van der Waals surface area contributed by atoms with Gasteiger partial charge in [0.2, 0.25) is 0 Å². The van der Waals surface area contributed by atoms with Gasteiger partial charge in [0.1, 0.15) is 0 Å². The summed E-state index contributed by atoms with van der Waals surface area (Å²) in [5, 5.41) is 7.79. The lowest BCUT2D eigenvalue weighted by Gasteiger charge is -2.27. The number of para-hydroxylation sites is 2. The van der Waals surface area contributed by atoms with Crippen LogP contribution >= 0.6 is 0 Å². The van der Waals surface area contributed by atoms with Crippen molar-refractivity contribution < 1.29 is 0 Å². The van der Waals surface area contributed by atoms with Crippen LogP contribution in [0.1, 0.15) is 19.3 Å². The van der Waals surface area contributed by atoms with Gasteiger partial charge < -0.3 is 9.80 Å². The van der Waals surface area contributed by atoms with Crippen molar-refractivity contribution in [2.24, 2.45) is 0 Å². The summed E-state index contributed by atoms with van der Waals surface area (Å²) < 4.78 is 0. The Bertz CT molecular complexity index is 2170. The van der Waals surface area contributed by atoms with Gasteiger partial charge in [-0.2, -0.15) is 0 Å². The molecule has 2 aliphatic rings. The third kappa shape index (κ3) is 3.95. The molecule has 7 aromatic rings.